The van der Waals surface area contributed by atoms with Crippen LogP contribution in [-0.4, -0.2) is 35.1 Å². The van der Waals surface area contributed by atoms with Crippen LogP contribution in [-0.2, 0) is 9.59 Å². The van der Waals surface area contributed by atoms with E-state index < -0.39 is 11.5 Å². The van der Waals surface area contributed by atoms with Crippen LogP contribution in [0.1, 0.15) is 58.8 Å². The molecular weight excluding hydrogens is 244 g/mol. The largest absolute Gasteiger partial charge is 0.480 e. The number of aliphatic carboxylic acids is 1. The average Bonchev–Trinajstić information content (AvgIpc) is 2.43. The Labute approximate surface area is 115 Å². The monoisotopic (exact) mass is 270 g/mol. The summed E-state index contributed by atoms with van der Waals surface area (Å²) in [5.41, 5.74) is -1.10. The number of carbonyl (C=O) groups excluding carboxylic acids is 1. The molecule has 3 N–H and O–H groups in total. The molecule has 0 radical (unpaired) electrons. The lowest BCUT2D eigenvalue weighted by Gasteiger charge is -2.29. The predicted molar refractivity (Wildman–Crippen MR) is 74.0 cm³/mol. The van der Waals surface area contributed by atoms with Crippen LogP contribution < -0.4 is 10.6 Å². The molecule has 5 nitrogen and oxygen atoms in total. The first-order valence-electron chi connectivity index (χ1n) is 7.32. The fourth-order valence-corrected chi connectivity index (χ4v) is 2.59. The second kappa shape index (κ2) is 7.48. The third kappa shape index (κ3) is 4.49. The van der Waals surface area contributed by atoms with E-state index in [9.17, 15) is 14.7 Å². The van der Waals surface area contributed by atoms with E-state index in [0.717, 1.165) is 19.4 Å². The molecule has 110 valence electrons. The molecule has 1 atom stereocenters. The maximum absolute atomic E-state index is 11.9. The molecule has 1 amide bonds. The summed E-state index contributed by atoms with van der Waals surface area (Å²) >= 11 is 0. The number of amides is 1. The van der Waals surface area contributed by atoms with Crippen molar-refractivity contribution >= 4 is 11.9 Å². The summed E-state index contributed by atoms with van der Waals surface area (Å²) in [6, 6.07) is 0.405. The normalized spacial score (nSPS) is 20.0. The van der Waals surface area contributed by atoms with Gasteiger partial charge in [0.2, 0.25) is 5.91 Å². The van der Waals surface area contributed by atoms with Crippen molar-refractivity contribution in [3.05, 3.63) is 0 Å². The Morgan fingerprint density at radius 3 is 2.47 bits per heavy atom. The predicted octanol–water partition coefficient (Wildman–Crippen LogP) is 1.67. The lowest BCUT2D eigenvalue weighted by molar-refractivity contribution is -0.148. The lowest BCUT2D eigenvalue weighted by atomic mass is 9.92. The van der Waals surface area contributed by atoms with Crippen LogP contribution in [0, 0.1) is 0 Å². The van der Waals surface area contributed by atoms with Gasteiger partial charge in [0.05, 0.1) is 0 Å². The number of carboxylic acids is 1. The standard InChI is InChI=1S/C14H26N2O3/c1-3-14(4-2,13(18)19)16-12(17)9-8-11-7-5-6-10-15-11/h11,15H,3-10H2,1-2H3,(H,16,17)(H,18,19). The molecule has 1 aliphatic heterocycles. The molecule has 19 heavy (non-hydrogen) atoms. The van der Waals surface area contributed by atoms with Gasteiger partial charge < -0.3 is 15.7 Å². The van der Waals surface area contributed by atoms with E-state index in [2.05, 4.69) is 10.6 Å². The molecule has 1 aliphatic rings. The number of hydrogen-bond acceptors (Lipinski definition) is 3. The molecule has 1 saturated heterocycles. The van der Waals surface area contributed by atoms with Gasteiger partial charge in [0.15, 0.2) is 0 Å². The van der Waals surface area contributed by atoms with Gasteiger partial charge in [-0.05, 0) is 38.6 Å². The third-order valence-electron chi connectivity index (χ3n) is 4.13. The van der Waals surface area contributed by atoms with Gasteiger partial charge in [-0.25, -0.2) is 4.79 Å². The molecule has 1 heterocycles. The zero-order valence-corrected chi connectivity index (χ0v) is 12.0. The minimum absolute atomic E-state index is 0.154. The topological polar surface area (TPSA) is 78.4 Å². The van der Waals surface area contributed by atoms with Gasteiger partial charge in [0.25, 0.3) is 0 Å². The SMILES string of the molecule is CCC(CC)(NC(=O)CCC1CCCCN1)C(=O)O. The zero-order chi connectivity index (χ0) is 14.3. The first-order valence-corrected chi connectivity index (χ1v) is 7.32. The van der Waals surface area contributed by atoms with E-state index >= 15 is 0 Å². The van der Waals surface area contributed by atoms with Crippen LogP contribution in [0.3, 0.4) is 0 Å². The number of piperidine rings is 1. The van der Waals surface area contributed by atoms with E-state index in [1.54, 1.807) is 13.8 Å². The van der Waals surface area contributed by atoms with Gasteiger partial charge in [-0.2, -0.15) is 0 Å². The Hall–Kier alpha value is -1.10. The Kier molecular flexibility index (Phi) is 6.28. The van der Waals surface area contributed by atoms with Gasteiger partial charge in [0, 0.05) is 12.5 Å². The Morgan fingerprint density at radius 1 is 1.32 bits per heavy atom. The number of carboxylic acid groups (broad SMARTS) is 1. The molecular formula is C14H26N2O3. The van der Waals surface area contributed by atoms with Crippen LogP contribution in [0.15, 0.2) is 0 Å². The molecule has 1 rings (SSSR count). The summed E-state index contributed by atoms with van der Waals surface area (Å²) in [5, 5.41) is 15.4. The highest BCUT2D eigenvalue weighted by Crippen LogP contribution is 2.17. The van der Waals surface area contributed by atoms with Crippen LogP contribution >= 0.6 is 0 Å². The van der Waals surface area contributed by atoms with Crippen molar-refractivity contribution < 1.29 is 14.7 Å². The Morgan fingerprint density at radius 2 is 2.00 bits per heavy atom. The second-order valence-corrected chi connectivity index (χ2v) is 5.33. The quantitative estimate of drug-likeness (QED) is 0.657. The number of nitrogens with one attached hydrogen (secondary N) is 2. The fourth-order valence-electron chi connectivity index (χ4n) is 2.59. The summed E-state index contributed by atoms with van der Waals surface area (Å²) in [7, 11) is 0. The molecule has 0 aromatic rings. The maximum atomic E-state index is 11.9. The van der Waals surface area contributed by atoms with Crippen molar-refractivity contribution in [1.29, 1.82) is 0 Å². The van der Waals surface area contributed by atoms with Crippen LogP contribution in [0.4, 0.5) is 0 Å². The lowest BCUT2D eigenvalue weighted by Crippen LogP contribution is -2.53. The van der Waals surface area contributed by atoms with Gasteiger partial charge in [0.1, 0.15) is 5.54 Å². The summed E-state index contributed by atoms with van der Waals surface area (Å²) in [6.45, 7) is 4.61. The van der Waals surface area contributed by atoms with Crippen LogP contribution in [0.2, 0.25) is 0 Å². The molecule has 1 fully saturated rings. The first-order chi connectivity index (χ1) is 9.04. The second-order valence-electron chi connectivity index (χ2n) is 5.33. The van der Waals surface area contributed by atoms with Gasteiger partial charge >= 0.3 is 5.97 Å². The van der Waals surface area contributed by atoms with Crippen molar-refractivity contribution in [3.63, 3.8) is 0 Å². The van der Waals surface area contributed by atoms with Crippen molar-refractivity contribution in [3.8, 4) is 0 Å². The Bertz CT molecular complexity index is 308. The number of carbonyl (C=O) groups is 2. The van der Waals surface area contributed by atoms with Gasteiger partial charge in [-0.1, -0.05) is 20.3 Å². The summed E-state index contributed by atoms with van der Waals surface area (Å²) in [5.74, 6) is -1.10. The van der Waals surface area contributed by atoms with E-state index in [1.165, 1.54) is 12.8 Å². The highest BCUT2D eigenvalue weighted by atomic mass is 16.4. The maximum Gasteiger partial charge on any atom is 0.329 e. The minimum Gasteiger partial charge on any atom is -0.480 e. The molecule has 0 spiro atoms. The van der Waals surface area contributed by atoms with Crippen LogP contribution in [0.5, 0.6) is 0 Å². The summed E-state index contributed by atoms with van der Waals surface area (Å²) < 4.78 is 0. The van der Waals surface area contributed by atoms with Crippen molar-refractivity contribution in [2.45, 2.75) is 70.4 Å². The molecule has 5 heteroatoms. The van der Waals surface area contributed by atoms with Crippen molar-refractivity contribution in [1.82, 2.24) is 10.6 Å². The molecule has 0 bridgehead atoms. The fraction of sp³-hybridized carbons (Fsp3) is 0.857. The van der Waals surface area contributed by atoms with E-state index in [1.807, 2.05) is 0 Å². The molecule has 1 unspecified atom stereocenters. The third-order valence-corrected chi connectivity index (χ3v) is 4.13. The van der Waals surface area contributed by atoms with E-state index in [0.29, 0.717) is 25.3 Å². The molecule has 0 aromatic carbocycles. The van der Waals surface area contributed by atoms with Crippen molar-refractivity contribution in [2.75, 3.05) is 6.54 Å². The van der Waals surface area contributed by atoms with Gasteiger partial charge in [-0.3, -0.25) is 4.79 Å². The number of hydrogen-bond donors (Lipinski definition) is 3. The number of rotatable bonds is 7. The molecule has 0 saturated carbocycles. The molecule has 0 aromatic heterocycles. The summed E-state index contributed by atoms with van der Waals surface area (Å²) in [6.07, 6.45) is 5.53. The van der Waals surface area contributed by atoms with Crippen LogP contribution in [0.25, 0.3) is 0 Å². The zero-order valence-electron chi connectivity index (χ0n) is 12.0. The smallest absolute Gasteiger partial charge is 0.329 e. The van der Waals surface area contributed by atoms with Crippen molar-refractivity contribution in [2.24, 2.45) is 0 Å². The van der Waals surface area contributed by atoms with Gasteiger partial charge in [-0.15, -0.1) is 0 Å². The molecule has 0 aliphatic carbocycles. The highest BCUT2D eigenvalue weighted by Gasteiger charge is 2.36. The first kappa shape index (κ1) is 16.0. The van der Waals surface area contributed by atoms with E-state index in [-0.39, 0.29) is 5.91 Å². The average molecular weight is 270 g/mol. The van der Waals surface area contributed by atoms with E-state index in [4.69, 9.17) is 0 Å². The summed E-state index contributed by atoms with van der Waals surface area (Å²) in [4.78, 5) is 23.2. The minimum atomic E-state index is -1.10. The Balaban J connectivity index is 2.42. The highest BCUT2D eigenvalue weighted by molar-refractivity contribution is 5.86.